The Morgan fingerprint density at radius 2 is 1.74 bits per heavy atom. The number of hydrogen-bond acceptors (Lipinski definition) is 3. The molecule has 5 nitrogen and oxygen atoms in total. The molecule has 1 atom stereocenters. The topological polar surface area (TPSA) is 74.8 Å². The van der Waals surface area contributed by atoms with Crippen molar-refractivity contribution in [2.24, 2.45) is 0 Å². The van der Waals surface area contributed by atoms with Crippen molar-refractivity contribution in [3.8, 4) is 11.4 Å². The second kappa shape index (κ2) is 7.68. The Morgan fingerprint density at radius 1 is 1.10 bits per heavy atom. The zero-order valence-electron chi connectivity index (χ0n) is 16.7. The van der Waals surface area contributed by atoms with Crippen molar-refractivity contribution in [3.05, 3.63) is 87.8 Å². The second-order valence-corrected chi connectivity index (χ2v) is 7.74. The molecular formula is C23H20F3N3O2. The number of aromatic amines is 1. The summed E-state index contributed by atoms with van der Waals surface area (Å²) in [6.45, 7) is 1.72. The average Bonchev–Trinajstić information content (AvgIpc) is 3.56. The van der Waals surface area contributed by atoms with Crippen LogP contribution >= 0.6 is 0 Å². The predicted octanol–water partition coefficient (Wildman–Crippen LogP) is 4.52. The standard InChI is InChI=1S/C23H20F3N3O2/c1-14(15-7-9-17(10-8-15)22(11-12-22)23(24,25)26)27-21(31)18-13-19(30)29-20(28-18)16-5-3-2-4-6-16/h2-10,13-14H,11-12H2,1H3,(H,27,31)(H,28,29,30)/t14-/m0/s1. The number of H-pyrrole nitrogens is 1. The summed E-state index contributed by atoms with van der Waals surface area (Å²) in [5, 5.41) is 2.75. The van der Waals surface area contributed by atoms with Gasteiger partial charge >= 0.3 is 6.18 Å². The molecule has 1 saturated carbocycles. The summed E-state index contributed by atoms with van der Waals surface area (Å²) in [7, 11) is 0. The van der Waals surface area contributed by atoms with Crippen molar-refractivity contribution < 1.29 is 18.0 Å². The summed E-state index contributed by atoms with van der Waals surface area (Å²) in [4.78, 5) is 31.5. The first-order valence-electron chi connectivity index (χ1n) is 9.84. The highest BCUT2D eigenvalue weighted by atomic mass is 19.4. The van der Waals surface area contributed by atoms with E-state index in [9.17, 15) is 22.8 Å². The first kappa shape index (κ1) is 20.8. The summed E-state index contributed by atoms with van der Waals surface area (Å²) in [6.07, 6.45) is -4.07. The van der Waals surface area contributed by atoms with Gasteiger partial charge < -0.3 is 10.3 Å². The summed E-state index contributed by atoms with van der Waals surface area (Å²) in [6, 6.07) is 15.7. The van der Waals surface area contributed by atoms with Crippen LogP contribution in [-0.4, -0.2) is 22.1 Å². The lowest BCUT2D eigenvalue weighted by atomic mass is 9.93. The van der Waals surface area contributed by atoms with Gasteiger partial charge in [0.05, 0.1) is 11.5 Å². The van der Waals surface area contributed by atoms with E-state index >= 15 is 0 Å². The summed E-state index contributed by atoms with van der Waals surface area (Å²) in [5.74, 6) is -0.272. The van der Waals surface area contributed by atoms with Crippen molar-refractivity contribution >= 4 is 5.91 Å². The van der Waals surface area contributed by atoms with Crippen LogP contribution in [0.25, 0.3) is 11.4 Å². The minimum Gasteiger partial charge on any atom is -0.344 e. The Labute approximate surface area is 176 Å². The Balaban J connectivity index is 1.50. The average molecular weight is 427 g/mol. The number of halogens is 3. The molecule has 31 heavy (non-hydrogen) atoms. The van der Waals surface area contributed by atoms with E-state index in [-0.39, 0.29) is 29.9 Å². The fraction of sp³-hybridized carbons (Fsp3) is 0.261. The molecule has 0 bridgehead atoms. The zero-order chi connectivity index (χ0) is 22.2. The quantitative estimate of drug-likeness (QED) is 0.629. The largest absolute Gasteiger partial charge is 0.398 e. The summed E-state index contributed by atoms with van der Waals surface area (Å²) >= 11 is 0. The maximum absolute atomic E-state index is 13.3. The third-order valence-corrected chi connectivity index (χ3v) is 5.63. The van der Waals surface area contributed by atoms with Gasteiger partial charge in [0.2, 0.25) is 0 Å². The Bertz CT molecular complexity index is 1150. The van der Waals surface area contributed by atoms with Gasteiger partial charge in [0.25, 0.3) is 11.5 Å². The van der Waals surface area contributed by atoms with Gasteiger partial charge in [-0.3, -0.25) is 9.59 Å². The Kier molecular flexibility index (Phi) is 5.16. The monoisotopic (exact) mass is 427 g/mol. The smallest absolute Gasteiger partial charge is 0.344 e. The first-order chi connectivity index (χ1) is 14.7. The number of benzene rings is 2. The number of amides is 1. The molecule has 1 amide bonds. The highest BCUT2D eigenvalue weighted by molar-refractivity contribution is 5.92. The number of carbonyl (C=O) groups excluding carboxylic acids is 1. The van der Waals surface area contributed by atoms with E-state index in [1.54, 1.807) is 43.3 Å². The van der Waals surface area contributed by atoms with E-state index in [4.69, 9.17) is 0 Å². The molecule has 160 valence electrons. The van der Waals surface area contributed by atoms with Gasteiger partial charge in [0.15, 0.2) is 0 Å². The third-order valence-electron chi connectivity index (χ3n) is 5.63. The van der Waals surface area contributed by atoms with Crippen LogP contribution in [0.3, 0.4) is 0 Å². The summed E-state index contributed by atoms with van der Waals surface area (Å²) < 4.78 is 39.9. The van der Waals surface area contributed by atoms with Crippen molar-refractivity contribution in [2.45, 2.75) is 37.4 Å². The minimum absolute atomic E-state index is 0.0416. The van der Waals surface area contributed by atoms with Crippen molar-refractivity contribution in [1.82, 2.24) is 15.3 Å². The maximum Gasteiger partial charge on any atom is 0.398 e. The molecule has 0 aliphatic heterocycles. The summed E-state index contributed by atoms with van der Waals surface area (Å²) in [5.41, 5.74) is -0.676. The number of carbonyl (C=O) groups is 1. The lowest BCUT2D eigenvalue weighted by molar-refractivity contribution is -0.160. The molecule has 0 saturated heterocycles. The molecule has 0 unspecified atom stereocenters. The zero-order valence-corrected chi connectivity index (χ0v) is 16.7. The van der Waals surface area contributed by atoms with Gasteiger partial charge in [0, 0.05) is 11.6 Å². The van der Waals surface area contributed by atoms with Crippen LogP contribution in [-0.2, 0) is 5.41 Å². The van der Waals surface area contributed by atoms with Gasteiger partial charge in [-0.2, -0.15) is 13.2 Å². The van der Waals surface area contributed by atoms with Gasteiger partial charge in [-0.05, 0) is 30.9 Å². The molecule has 1 heterocycles. The molecule has 0 radical (unpaired) electrons. The molecule has 1 aliphatic carbocycles. The highest BCUT2D eigenvalue weighted by Crippen LogP contribution is 2.58. The SMILES string of the molecule is C[C@H](NC(=O)c1cc(=O)[nH]c(-c2ccccc2)n1)c1ccc(C2(C(F)(F)F)CC2)cc1. The molecule has 1 aliphatic rings. The van der Waals surface area contributed by atoms with Crippen LogP contribution in [0, 0.1) is 0 Å². The lowest BCUT2D eigenvalue weighted by Gasteiger charge is -2.21. The van der Waals surface area contributed by atoms with E-state index in [1.165, 1.54) is 12.1 Å². The third kappa shape index (κ3) is 4.10. The van der Waals surface area contributed by atoms with E-state index in [2.05, 4.69) is 15.3 Å². The van der Waals surface area contributed by atoms with Crippen LogP contribution in [0.4, 0.5) is 13.2 Å². The van der Waals surface area contributed by atoms with Crippen LogP contribution in [0.2, 0.25) is 0 Å². The van der Waals surface area contributed by atoms with E-state index in [0.717, 1.165) is 6.07 Å². The number of rotatable bonds is 5. The minimum atomic E-state index is -4.27. The van der Waals surface area contributed by atoms with E-state index in [0.29, 0.717) is 11.1 Å². The van der Waals surface area contributed by atoms with E-state index in [1.807, 2.05) is 6.07 Å². The van der Waals surface area contributed by atoms with Crippen molar-refractivity contribution in [3.63, 3.8) is 0 Å². The molecule has 8 heteroatoms. The normalized spacial score (nSPS) is 15.9. The number of hydrogen-bond donors (Lipinski definition) is 2. The molecule has 2 N–H and O–H groups in total. The lowest BCUT2D eigenvalue weighted by Crippen LogP contribution is -2.30. The van der Waals surface area contributed by atoms with Gasteiger partial charge in [-0.25, -0.2) is 4.98 Å². The molecule has 3 aromatic rings. The Morgan fingerprint density at radius 3 is 2.32 bits per heavy atom. The molecule has 1 aromatic heterocycles. The first-order valence-corrected chi connectivity index (χ1v) is 9.84. The van der Waals surface area contributed by atoms with Crippen LogP contribution in [0.5, 0.6) is 0 Å². The van der Waals surface area contributed by atoms with Crippen LogP contribution < -0.4 is 10.9 Å². The number of alkyl halides is 3. The van der Waals surface area contributed by atoms with Gasteiger partial charge in [0.1, 0.15) is 11.5 Å². The number of aromatic nitrogens is 2. The Hall–Kier alpha value is -3.42. The molecule has 1 fully saturated rings. The van der Waals surface area contributed by atoms with Crippen LogP contribution in [0.1, 0.15) is 47.4 Å². The van der Waals surface area contributed by atoms with Crippen LogP contribution in [0.15, 0.2) is 65.5 Å². The second-order valence-electron chi connectivity index (χ2n) is 7.74. The van der Waals surface area contributed by atoms with Crippen molar-refractivity contribution in [1.29, 1.82) is 0 Å². The maximum atomic E-state index is 13.3. The van der Waals surface area contributed by atoms with Gasteiger partial charge in [-0.15, -0.1) is 0 Å². The molecular weight excluding hydrogens is 407 g/mol. The molecule has 0 spiro atoms. The predicted molar refractivity (Wildman–Crippen MR) is 110 cm³/mol. The van der Waals surface area contributed by atoms with Crippen molar-refractivity contribution in [2.75, 3.05) is 0 Å². The highest BCUT2D eigenvalue weighted by Gasteiger charge is 2.64. The van der Waals surface area contributed by atoms with Gasteiger partial charge in [-0.1, -0.05) is 54.6 Å². The fourth-order valence-electron chi connectivity index (χ4n) is 3.61. The number of nitrogens with zero attached hydrogens (tertiary/aromatic N) is 1. The molecule has 2 aromatic carbocycles. The molecule has 4 rings (SSSR count). The fourth-order valence-corrected chi connectivity index (χ4v) is 3.61. The van der Waals surface area contributed by atoms with E-state index < -0.39 is 29.1 Å². The number of nitrogens with one attached hydrogen (secondary N) is 2.